The molecule has 4 heterocycles. The van der Waals surface area contributed by atoms with Crippen LogP contribution in [-0.4, -0.2) is 53.0 Å². The summed E-state index contributed by atoms with van der Waals surface area (Å²) in [6.45, 7) is 9.77. The van der Waals surface area contributed by atoms with Gasteiger partial charge in [-0.15, -0.1) is 11.7 Å². The minimum absolute atomic E-state index is 0.143. The first kappa shape index (κ1) is 32.2. The molecule has 5 atom stereocenters. The van der Waals surface area contributed by atoms with E-state index in [4.69, 9.17) is 4.74 Å². The summed E-state index contributed by atoms with van der Waals surface area (Å²) in [5, 5.41) is 21.2. The molecule has 8 rings (SSSR count). The molecule has 3 aliphatic rings. The number of aliphatic hydroxyl groups excluding tert-OH is 1. The van der Waals surface area contributed by atoms with E-state index in [1.165, 1.54) is 0 Å². The third-order valence-electron chi connectivity index (χ3n) is 10.7. The first-order valence-electron chi connectivity index (χ1n) is 17.0. The highest BCUT2D eigenvalue weighted by molar-refractivity contribution is 6.72. The van der Waals surface area contributed by atoms with Crippen molar-refractivity contribution >= 4 is 48.1 Å². The summed E-state index contributed by atoms with van der Waals surface area (Å²) < 4.78 is 25.0. The van der Waals surface area contributed by atoms with Crippen LogP contribution in [0.15, 0.2) is 104 Å². The average Bonchev–Trinajstić information content (AvgIpc) is 3.84. The van der Waals surface area contributed by atoms with Crippen LogP contribution in [0.3, 0.4) is 0 Å². The monoisotopic (exact) mass is 687 g/mol. The lowest BCUT2D eigenvalue weighted by atomic mass is 9.82. The quantitative estimate of drug-likeness (QED) is 0.1000. The lowest BCUT2D eigenvalue weighted by molar-refractivity contribution is -0.145. The molecule has 0 aliphatic carbocycles. The number of fused-ring (bicyclic) bond motifs is 2. The minimum atomic E-state index is -3.42. The number of carbonyl (C=O) groups is 2. The lowest BCUT2D eigenvalue weighted by Gasteiger charge is -2.31. The molecule has 1 aromatic heterocycles. The first-order chi connectivity index (χ1) is 24.0. The number of amides is 2. The van der Waals surface area contributed by atoms with Gasteiger partial charge in [0.15, 0.2) is 5.60 Å². The third-order valence-corrected chi connectivity index (χ3v) is 13.1. The van der Waals surface area contributed by atoms with Crippen molar-refractivity contribution in [2.75, 3.05) is 16.3 Å². The number of carbonyl (C=O) groups excluding carboxylic acids is 2. The number of aryl methyl sites for hydroxylation is 1. The van der Waals surface area contributed by atoms with Crippen molar-refractivity contribution in [3.05, 3.63) is 126 Å². The van der Waals surface area contributed by atoms with Crippen molar-refractivity contribution in [2.45, 2.75) is 56.3 Å². The summed E-state index contributed by atoms with van der Waals surface area (Å²) >= 11 is 0. The van der Waals surface area contributed by atoms with E-state index < -0.39 is 37.7 Å². The zero-order chi connectivity index (χ0) is 34.9. The number of hydrogen-bond acceptors (Lipinski definition) is 6. The highest BCUT2D eigenvalue weighted by Crippen LogP contribution is 2.61. The van der Waals surface area contributed by atoms with Crippen LogP contribution in [0.5, 0.6) is 0 Å². The smallest absolute Gasteiger partial charge is 0.264 e. The fourth-order valence-electron chi connectivity index (χ4n) is 8.54. The van der Waals surface area contributed by atoms with Gasteiger partial charge < -0.3 is 18.9 Å². The van der Waals surface area contributed by atoms with Crippen molar-refractivity contribution < 1.29 is 23.5 Å². The molecule has 254 valence electrons. The van der Waals surface area contributed by atoms with Gasteiger partial charge in [-0.1, -0.05) is 72.8 Å². The van der Waals surface area contributed by atoms with Gasteiger partial charge in [-0.25, -0.2) is 0 Å². The zero-order valence-electron chi connectivity index (χ0n) is 28.2. The maximum absolute atomic E-state index is 16.5. The average molecular weight is 688 g/mol. The lowest BCUT2D eigenvalue weighted by Crippen LogP contribution is -2.45. The second-order valence-electron chi connectivity index (χ2n) is 14.0. The molecule has 0 bridgehead atoms. The van der Waals surface area contributed by atoms with Gasteiger partial charge in [0.2, 0.25) is 8.41 Å². The summed E-state index contributed by atoms with van der Waals surface area (Å²) in [5.41, 5.74) is 2.46. The van der Waals surface area contributed by atoms with Crippen LogP contribution < -0.4 is 9.80 Å². The molecule has 2 amide bonds. The van der Waals surface area contributed by atoms with Crippen molar-refractivity contribution in [2.24, 2.45) is 5.92 Å². The molecule has 3 aliphatic heterocycles. The summed E-state index contributed by atoms with van der Waals surface area (Å²) in [6, 6.07) is 26.4. The Morgan fingerprint density at radius 1 is 1.04 bits per heavy atom. The second kappa shape index (κ2) is 11.8. The molecule has 0 unspecified atom stereocenters. The van der Waals surface area contributed by atoms with E-state index >= 15 is 4.11 Å². The van der Waals surface area contributed by atoms with Gasteiger partial charge in [-0.3, -0.25) is 19.2 Å². The number of nitrogens with zero attached hydrogens (tertiary/aromatic N) is 5. The summed E-state index contributed by atoms with van der Waals surface area (Å²) in [7, 11) is -3.42. The molecule has 0 radical (unpaired) electrons. The highest BCUT2D eigenvalue weighted by atomic mass is 28.4. The fourth-order valence-corrected chi connectivity index (χ4v) is 11.1. The van der Waals surface area contributed by atoms with Gasteiger partial charge in [0.1, 0.15) is 11.8 Å². The van der Waals surface area contributed by atoms with Crippen LogP contribution in [0.25, 0.3) is 10.8 Å². The zero-order valence-corrected chi connectivity index (χ0v) is 29.2. The Hall–Kier alpha value is -4.97. The number of ether oxygens (including phenoxy) is 1. The number of benzene rings is 4. The number of halogens is 1. The van der Waals surface area contributed by atoms with Gasteiger partial charge in [0.05, 0.1) is 29.2 Å². The molecule has 9 nitrogen and oxygen atoms in total. The van der Waals surface area contributed by atoms with Gasteiger partial charge in [0, 0.05) is 41.2 Å². The predicted octanol–water partition coefficient (Wildman–Crippen LogP) is 7.20. The van der Waals surface area contributed by atoms with Crippen molar-refractivity contribution in [3.8, 4) is 0 Å². The second-order valence-corrected chi connectivity index (χ2v) is 17.8. The van der Waals surface area contributed by atoms with Crippen LogP contribution in [0.1, 0.15) is 46.6 Å². The van der Waals surface area contributed by atoms with E-state index in [9.17, 15) is 14.7 Å². The van der Waals surface area contributed by atoms with Gasteiger partial charge in [-0.2, -0.15) is 0 Å². The molecule has 4 aromatic carbocycles. The van der Waals surface area contributed by atoms with E-state index in [0.717, 1.165) is 16.5 Å². The Bertz CT molecular complexity index is 2160. The Kier molecular flexibility index (Phi) is 7.63. The minimum Gasteiger partial charge on any atom is -0.382 e. The predicted molar refractivity (Wildman–Crippen MR) is 193 cm³/mol. The fraction of sp³-hybridized carbons (Fsp3) is 0.282. The van der Waals surface area contributed by atoms with Crippen molar-refractivity contribution in [3.63, 3.8) is 0 Å². The molecule has 11 heteroatoms. The number of aliphatic hydroxyl groups is 1. The maximum Gasteiger partial charge on any atom is 0.264 e. The number of rotatable bonds is 9. The molecule has 50 heavy (non-hydrogen) atoms. The van der Waals surface area contributed by atoms with Crippen molar-refractivity contribution in [1.29, 1.82) is 0 Å². The van der Waals surface area contributed by atoms with Gasteiger partial charge in [0.25, 0.3) is 11.8 Å². The first-order valence-corrected chi connectivity index (χ1v) is 19.9. The molecular weight excluding hydrogens is 650 g/mol. The summed E-state index contributed by atoms with van der Waals surface area (Å²) in [4.78, 5) is 31.9. The van der Waals surface area contributed by atoms with E-state index in [1.807, 2.05) is 91.9 Å². The summed E-state index contributed by atoms with van der Waals surface area (Å²) in [5.74, 6) is -0.900. The van der Waals surface area contributed by atoms with E-state index in [2.05, 4.69) is 16.9 Å². The normalized spacial score (nSPS) is 23.3. The van der Waals surface area contributed by atoms with Gasteiger partial charge >= 0.3 is 0 Å². The van der Waals surface area contributed by atoms with Crippen LogP contribution >= 0.6 is 0 Å². The Balaban J connectivity index is 1.16. The van der Waals surface area contributed by atoms with Crippen LogP contribution in [0.4, 0.5) is 21.2 Å². The molecular formula is C39H38FN5O4Si. The SMILES string of the molecule is C=CCN1C(=O)[C@@]2(O[C@@H](CCn3cc([C@H](O)c4ccccc4)nn3)[C@H]([Si](C)(C)F)[C@H]2C)c2cc(N3C(=O)c4cccc5cccc3c45)ccc21. The van der Waals surface area contributed by atoms with Crippen molar-refractivity contribution in [1.82, 2.24) is 15.0 Å². The largest absolute Gasteiger partial charge is 0.382 e. The van der Waals surface area contributed by atoms with Crippen LogP contribution in [0, 0.1) is 5.92 Å². The van der Waals surface area contributed by atoms with E-state index in [1.54, 1.807) is 39.8 Å². The number of aromatic nitrogens is 3. The maximum atomic E-state index is 16.5. The Labute approximate surface area is 290 Å². The number of anilines is 3. The number of hydrogen-bond donors (Lipinski definition) is 1. The Morgan fingerprint density at radius 2 is 1.80 bits per heavy atom. The summed E-state index contributed by atoms with van der Waals surface area (Å²) in [6.07, 6.45) is 2.22. The van der Waals surface area contributed by atoms with E-state index in [0.29, 0.717) is 46.7 Å². The molecule has 1 saturated heterocycles. The standard InChI is InChI=1S/C39H38FN5O4Si/c1-5-20-44-31-18-17-27(45-32-16-10-14-25-13-9-15-28(34(25)32)37(45)47)22-29(31)39(38(44)48)24(2)36(50(3,4)40)33(49-39)19-21-43-23-30(41-42-43)35(46)26-11-7-6-8-12-26/h5-18,22-24,33,35-36,46H,1,19-21H2,2-4H3/t24-,33+,35-,36-,39+/m1/s1. The topological polar surface area (TPSA) is 101 Å². The molecule has 1 fully saturated rings. The van der Waals surface area contributed by atoms with Crippen LogP contribution in [-0.2, 0) is 21.7 Å². The molecule has 0 saturated carbocycles. The molecule has 1 N–H and O–H groups in total. The Morgan fingerprint density at radius 3 is 2.54 bits per heavy atom. The molecule has 5 aromatic rings. The molecule has 1 spiro atoms. The van der Waals surface area contributed by atoms with Crippen LogP contribution in [0.2, 0.25) is 18.6 Å². The highest BCUT2D eigenvalue weighted by Gasteiger charge is 2.66. The van der Waals surface area contributed by atoms with E-state index in [-0.39, 0.29) is 18.4 Å². The van der Waals surface area contributed by atoms with Gasteiger partial charge in [-0.05, 0) is 60.8 Å². The third kappa shape index (κ3) is 4.78.